The quantitative estimate of drug-likeness (QED) is 0.668. The smallest absolute Gasteiger partial charge is 0.224 e. The van der Waals surface area contributed by atoms with Gasteiger partial charge in [0.25, 0.3) is 0 Å². The Labute approximate surface area is 79.3 Å². The van der Waals surface area contributed by atoms with Crippen LogP contribution < -0.4 is 10.6 Å². The van der Waals surface area contributed by atoms with Crippen LogP contribution >= 0.6 is 0 Å². The lowest BCUT2D eigenvalue weighted by Gasteiger charge is -2.21. The molecule has 1 saturated carbocycles. The van der Waals surface area contributed by atoms with Crippen molar-refractivity contribution in [2.24, 2.45) is 11.8 Å². The molecule has 2 N–H and O–H groups in total. The van der Waals surface area contributed by atoms with E-state index in [0.717, 1.165) is 38.4 Å². The van der Waals surface area contributed by atoms with Gasteiger partial charge in [-0.1, -0.05) is 0 Å². The molecular formula is C10H18N2O. The third kappa shape index (κ3) is 2.69. The van der Waals surface area contributed by atoms with Crippen LogP contribution in [-0.2, 0) is 4.79 Å². The molecule has 1 aliphatic heterocycles. The van der Waals surface area contributed by atoms with Crippen LogP contribution in [0.5, 0.6) is 0 Å². The van der Waals surface area contributed by atoms with Crippen LogP contribution in [0.25, 0.3) is 0 Å². The standard InChI is InChI=1S/C10H18N2O/c13-10(12-6-8-3-4-8)9-2-1-5-11-7-9/h8-9,11H,1-7H2,(H,12,13). The summed E-state index contributed by atoms with van der Waals surface area (Å²) in [4.78, 5) is 11.6. The highest BCUT2D eigenvalue weighted by Crippen LogP contribution is 2.27. The Morgan fingerprint density at radius 3 is 2.85 bits per heavy atom. The first-order valence-corrected chi connectivity index (χ1v) is 5.34. The summed E-state index contributed by atoms with van der Waals surface area (Å²) in [6.07, 6.45) is 4.82. The van der Waals surface area contributed by atoms with E-state index >= 15 is 0 Å². The number of hydrogen-bond donors (Lipinski definition) is 2. The maximum absolute atomic E-state index is 11.6. The van der Waals surface area contributed by atoms with E-state index in [1.54, 1.807) is 0 Å². The second-order valence-corrected chi connectivity index (χ2v) is 4.23. The van der Waals surface area contributed by atoms with Gasteiger partial charge in [-0.2, -0.15) is 0 Å². The molecule has 2 rings (SSSR count). The minimum Gasteiger partial charge on any atom is -0.356 e. The monoisotopic (exact) mass is 182 g/mol. The molecule has 13 heavy (non-hydrogen) atoms. The summed E-state index contributed by atoms with van der Waals surface area (Å²) in [5.74, 6) is 1.28. The predicted octanol–water partition coefficient (Wildman–Crippen LogP) is 0.512. The second-order valence-electron chi connectivity index (χ2n) is 4.23. The first-order valence-electron chi connectivity index (χ1n) is 5.34. The molecule has 0 spiro atoms. The van der Waals surface area contributed by atoms with Gasteiger partial charge in [0.2, 0.25) is 5.91 Å². The average Bonchev–Trinajstić information content (AvgIpc) is 2.99. The summed E-state index contributed by atoms with van der Waals surface area (Å²) >= 11 is 0. The Morgan fingerprint density at radius 2 is 2.23 bits per heavy atom. The molecule has 1 heterocycles. The number of nitrogens with one attached hydrogen (secondary N) is 2. The molecule has 1 aliphatic carbocycles. The fourth-order valence-corrected chi connectivity index (χ4v) is 1.79. The number of piperidine rings is 1. The molecular weight excluding hydrogens is 164 g/mol. The highest BCUT2D eigenvalue weighted by molar-refractivity contribution is 5.78. The third-order valence-corrected chi connectivity index (χ3v) is 2.93. The van der Waals surface area contributed by atoms with Gasteiger partial charge < -0.3 is 10.6 Å². The van der Waals surface area contributed by atoms with Crippen molar-refractivity contribution < 1.29 is 4.79 Å². The molecule has 2 aliphatic rings. The zero-order chi connectivity index (χ0) is 9.10. The van der Waals surface area contributed by atoms with Gasteiger partial charge in [-0.05, 0) is 38.1 Å². The molecule has 0 bridgehead atoms. The van der Waals surface area contributed by atoms with Crippen molar-refractivity contribution in [1.29, 1.82) is 0 Å². The van der Waals surface area contributed by atoms with E-state index in [-0.39, 0.29) is 11.8 Å². The van der Waals surface area contributed by atoms with Gasteiger partial charge in [-0.3, -0.25) is 4.79 Å². The molecule has 0 radical (unpaired) electrons. The molecule has 1 unspecified atom stereocenters. The highest BCUT2D eigenvalue weighted by Gasteiger charge is 2.25. The summed E-state index contributed by atoms with van der Waals surface area (Å²) in [7, 11) is 0. The number of hydrogen-bond acceptors (Lipinski definition) is 2. The molecule has 1 saturated heterocycles. The van der Waals surface area contributed by atoms with Crippen molar-refractivity contribution in [3.05, 3.63) is 0 Å². The Balaban J connectivity index is 1.67. The zero-order valence-corrected chi connectivity index (χ0v) is 8.01. The average molecular weight is 182 g/mol. The Bertz CT molecular complexity index is 183. The maximum atomic E-state index is 11.6. The lowest BCUT2D eigenvalue weighted by Crippen LogP contribution is -2.41. The molecule has 74 valence electrons. The summed E-state index contributed by atoms with van der Waals surface area (Å²) in [5, 5.41) is 6.29. The summed E-state index contributed by atoms with van der Waals surface area (Å²) in [5.41, 5.74) is 0. The first kappa shape index (κ1) is 9.00. The third-order valence-electron chi connectivity index (χ3n) is 2.93. The number of carbonyl (C=O) groups is 1. The molecule has 0 aromatic rings. The summed E-state index contributed by atoms with van der Waals surface area (Å²) < 4.78 is 0. The number of rotatable bonds is 3. The van der Waals surface area contributed by atoms with Gasteiger partial charge in [0, 0.05) is 13.1 Å². The minimum atomic E-state index is 0.229. The molecule has 1 amide bonds. The van der Waals surface area contributed by atoms with Crippen LogP contribution in [-0.4, -0.2) is 25.5 Å². The van der Waals surface area contributed by atoms with Crippen LogP contribution in [0.2, 0.25) is 0 Å². The lowest BCUT2D eigenvalue weighted by molar-refractivity contribution is -0.125. The largest absolute Gasteiger partial charge is 0.356 e. The molecule has 2 fully saturated rings. The number of amides is 1. The van der Waals surface area contributed by atoms with E-state index in [4.69, 9.17) is 0 Å². The minimum absolute atomic E-state index is 0.229. The van der Waals surface area contributed by atoms with Gasteiger partial charge in [0.05, 0.1) is 5.92 Å². The summed E-state index contributed by atoms with van der Waals surface area (Å²) in [6, 6.07) is 0. The van der Waals surface area contributed by atoms with E-state index in [1.807, 2.05) is 0 Å². The van der Waals surface area contributed by atoms with Gasteiger partial charge in [-0.15, -0.1) is 0 Å². The highest BCUT2D eigenvalue weighted by atomic mass is 16.1. The Morgan fingerprint density at radius 1 is 1.38 bits per heavy atom. The fraction of sp³-hybridized carbons (Fsp3) is 0.900. The van der Waals surface area contributed by atoms with Gasteiger partial charge in [0.1, 0.15) is 0 Å². The summed E-state index contributed by atoms with van der Waals surface area (Å²) in [6.45, 7) is 2.86. The fourth-order valence-electron chi connectivity index (χ4n) is 1.79. The second kappa shape index (κ2) is 4.09. The number of carbonyl (C=O) groups excluding carboxylic acids is 1. The van der Waals surface area contributed by atoms with Crippen LogP contribution in [0.1, 0.15) is 25.7 Å². The Hall–Kier alpha value is -0.570. The maximum Gasteiger partial charge on any atom is 0.224 e. The van der Waals surface area contributed by atoms with Crippen molar-refractivity contribution in [2.45, 2.75) is 25.7 Å². The van der Waals surface area contributed by atoms with E-state index in [0.29, 0.717) is 0 Å². The van der Waals surface area contributed by atoms with E-state index in [9.17, 15) is 4.79 Å². The molecule has 0 aromatic heterocycles. The lowest BCUT2D eigenvalue weighted by atomic mass is 9.99. The van der Waals surface area contributed by atoms with Crippen LogP contribution in [0.15, 0.2) is 0 Å². The molecule has 3 nitrogen and oxygen atoms in total. The first-order chi connectivity index (χ1) is 6.36. The predicted molar refractivity (Wildman–Crippen MR) is 51.3 cm³/mol. The van der Waals surface area contributed by atoms with Crippen LogP contribution in [0.4, 0.5) is 0 Å². The normalized spacial score (nSPS) is 28.5. The van der Waals surface area contributed by atoms with Crippen molar-refractivity contribution >= 4 is 5.91 Å². The SMILES string of the molecule is O=C(NCC1CC1)C1CCCNC1. The topological polar surface area (TPSA) is 41.1 Å². The molecule has 3 heteroatoms. The molecule has 1 atom stereocenters. The molecule has 0 aromatic carbocycles. The van der Waals surface area contributed by atoms with Crippen molar-refractivity contribution in [3.63, 3.8) is 0 Å². The Kier molecular flexibility index (Phi) is 2.83. The van der Waals surface area contributed by atoms with E-state index in [2.05, 4.69) is 10.6 Å². The van der Waals surface area contributed by atoms with Gasteiger partial charge in [-0.25, -0.2) is 0 Å². The van der Waals surface area contributed by atoms with Crippen LogP contribution in [0.3, 0.4) is 0 Å². The van der Waals surface area contributed by atoms with Crippen molar-refractivity contribution in [1.82, 2.24) is 10.6 Å². The van der Waals surface area contributed by atoms with E-state index < -0.39 is 0 Å². The van der Waals surface area contributed by atoms with E-state index in [1.165, 1.54) is 12.8 Å². The zero-order valence-electron chi connectivity index (χ0n) is 8.01. The van der Waals surface area contributed by atoms with Gasteiger partial charge in [0.15, 0.2) is 0 Å². The van der Waals surface area contributed by atoms with Crippen LogP contribution in [0, 0.1) is 11.8 Å². The van der Waals surface area contributed by atoms with Crippen molar-refractivity contribution in [3.8, 4) is 0 Å². The van der Waals surface area contributed by atoms with Gasteiger partial charge >= 0.3 is 0 Å². The van der Waals surface area contributed by atoms with Crippen molar-refractivity contribution in [2.75, 3.05) is 19.6 Å².